The van der Waals surface area contributed by atoms with Crippen molar-refractivity contribution in [3.05, 3.63) is 133 Å². The Hall–Kier alpha value is -6.74. The minimum Gasteiger partial charge on any atom is -0.362 e. The third-order valence-corrected chi connectivity index (χ3v) is 7.56. The number of imidazole rings is 1. The van der Waals surface area contributed by atoms with E-state index in [1.807, 2.05) is 37.3 Å². The number of pyridine rings is 4. The second-order valence-electron chi connectivity index (χ2n) is 10.7. The molecule has 6 heterocycles. The Morgan fingerprint density at radius 2 is 1.35 bits per heavy atom. The summed E-state index contributed by atoms with van der Waals surface area (Å²) in [5.41, 5.74) is 7.88. The van der Waals surface area contributed by atoms with Crippen LogP contribution >= 0.6 is 0 Å². The lowest BCUT2D eigenvalue weighted by atomic mass is 9.99. The molecule has 0 aliphatic heterocycles. The van der Waals surface area contributed by atoms with Crippen LogP contribution in [0.3, 0.4) is 0 Å². The minimum absolute atomic E-state index is 0.187. The van der Waals surface area contributed by atoms with E-state index in [0.29, 0.717) is 50.6 Å². The van der Waals surface area contributed by atoms with Gasteiger partial charge in [0, 0.05) is 29.1 Å². The van der Waals surface area contributed by atoms with Gasteiger partial charge in [0.25, 0.3) is 0 Å². The molecule has 0 saturated heterocycles. The summed E-state index contributed by atoms with van der Waals surface area (Å²) in [6.45, 7) is 2.00. The Labute approximate surface area is 272 Å². The largest absolute Gasteiger partial charge is 0.362 e. The third-order valence-electron chi connectivity index (χ3n) is 7.56. The molecule has 0 bridgehead atoms. The minimum atomic E-state index is -0.352. The summed E-state index contributed by atoms with van der Waals surface area (Å²) in [7, 11) is 0. The zero-order chi connectivity index (χ0) is 33.0. The number of aromatic amines is 1. The number of anilines is 1. The molecular weight excluding hydrogens is 610 g/mol. The zero-order valence-electron chi connectivity index (χ0n) is 25.3. The Bertz CT molecular complexity index is 2470. The summed E-state index contributed by atoms with van der Waals surface area (Å²) < 4.78 is 27.2. The number of H-pyrrole nitrogens is 1. The number of aromatic nitrogens is 8. The number of nitrogens with one attached hydrogen (secondary N) is 2. The SMILES string of the molecule is CC(Nc1ncnc2nc[nH]c12)c1cc2ncccc2nc1-c1cccc(F)c1.N#Cc1cc2ncccc2nc1-c1cccc(F)c1. The smallest absolute Gasteiger partial charge is 0.182 e. The van der Waals surface area contributed by atoms with Crippen LogP contribution in [0.25, 0.3) is 55.7 Å². The zero-order valence-corrected chi connectivity index (χ0v) is 25.3. The van der Waals surface area contributed by atoms with Crippen LogP contribution in [0, 0.1) is 23.0 Å². The molecule has 10 nitrogen and oxygen atoms in total. The molecule has 12 heteroatoms. The molecule has 0 aliphatic carbocycles. The van der Waals surface area contributed by atoms with Crippen LogP contribution < -0.4 is 5.32 Å². The quantitative estimate of drug-likeness (QED) is 0.196. The molecule has 8 rings (SSSR count). The predicted octanol–water partition coefficient (Wildman–Crippen LogP) is 7.58. The van der Waals surface area contributed by atoms with Crippen molar-refractivity contribution in [1.82, 2.24) is 39.9 Å². The van der Waals surface area contributed by atoms with Gasteiger partial charge in [0.05, 0.1) is 51.4 Å². The van der Waals surface area contributed by atoms with E-state index in [1.165, 1.54) is 30.6 Å². The fourth-order valence-electron chi connectivity index (χ4n) is 5.31. The number of hydrogen-bond donors (Lipinski definition) is 2. The maximum Gasteiger partial charge on any atom is 0.182 e. The number of hydrogen-bond acceptors (Lipinski definition) is 9. The second-order valence-corrected chi connectivity index (χ2v) is 10.7. The molecule has 1 unspecified atom stereocenters. The Balaban J connectivity index is 0.000000166. The van der Waals surface area contributed by atoms with Gasteiger partial charge in [0.15, 0.2) is 11.5 Å². The second kappa shape index (κ2) is 12.9. The highest BCUT2D eigenvalue weighted by Gasteiger charge is 2.18. The lowest BCUT2D eigenvalue weighted by Crippen LogP contribution is -2.11. The van der Waals surface area contributed by atoms with E-state index in [9.17, 15) is 14.0 Å². The van der Waals surface area contributed by atoms with Crippen LogP contribution in [-0.4, -0.2) is 39.9 Å². The normalized spacial score (nSPS) is 11.5. The third kappa shape index (κ3) is 6.08. The lowest BCUT2D eigenvalue weighted by molar-refractivity contribution is 0.628. The fourth-order valence-corrected chi connectivity index (χ4v) is 5.31. The molecule has 0 spiro atoms. The summed E-state index contributed by atoms with van der Waals surface area (Å²) in [6.07, 6.45) is 6.42. The monoisotopic (exact) mass is 634 g/mol. The molecule has 48 heavy (non-hydrogen) atoms. The van der Waals surface area contributed by atoms with Gasteiger partial charge >= 0.3 is 0 Å². The van der Waals surface area contributed by atoms with E-state index in [0.717, 1.165) is 22.1 Å². The van der Waals surface area contributed by atoms with Gasteiger partial charge in [-0.05, 0) is 67.6 Å². The lowest BCUT2D eigenvalue weighted by Gasteiger charge is -2.19. The standard InChI is InChI=1S/C21H16FN7.C15H8FN3/c1-12(28-21-19-20(25-10-24-19)26-11-27-21)15-9-17-16(6-3-7-23-17)29-18(15)13-4-2-5-14(22)8-13;16-12-4-1-3-10(7-12)15-11(9-17)8-14-13(19-15)5-2-6-18-14/h2-12H,1H3,(H2,24,25,26,27,28);1-8H. The van der Waals surface area contributed by atoms with Gasteiger partial charge in [0.1, 0.15) is 29.5 Å². The maximum absolute atomic E-state index is 13.9. The van der Waals surface area contributed by atoms with Gasteiger partial charge < -0.3 is 10.3 Å². The Morgan fingerprint density at radius 3 is 2.02 bits per heavy atom. The van der Waals surface area contributed by atoms with Crippen molar-refractivity contribution >= 4 is 39.0 Å². The van der Waals surface area contributed by atoms with E-state index in [2.05, 4.69) is 46.3 Å². The highest BCUT2D eigenvalue weighted by atomic mass is 19.1. The van der Waals surface area contributed by atoms with E-state index < -0.39 is 0 Å². The Morgan fingerprint density at radius 1 is 0.708 bits per heavy atom. The van der Waals surface area contributed by atoms with Crippen molar-refractivity contribution in [3.63, 3.8) is 0 Å². The number of benzene rings is 2. The Kier molecular flexibility index (Phi) is 8.07. The van der Waals surface area contributed by atoms with E-state index in [4.69, 9.17) is 4.98 Å². The first kappa shape index (κ1) is 29.9. The molecule has 1 atom stereocenters. The first-order chi connectivity index (χ1) is 23.5. The van der Waals surface area contributed by atoms with Gasteiger partial charge in [-0.1, -0.05) is 24.3 Å². The molecule has 6 aromatic heterocycles. The first-order valence-electron chi connectivity index (χ1n) is 14.8. The van der Waals surface area contributed by atoms with E-state index in [1.54, 1.807) is 49.1 Å². The number of fused-ring (bicyclic) bond motifs is 3. The van der Waals surface area contributed by atoms with Gasteiger partial charge in [-0.3, -0.25) is 9.97 Å². The fraction of sp³-hybridized carbons (Fsp3) is 0.0556. The van der Waals surface area contributed by atoms with Gasteiger partial charge in [-0.25, -0.2) is 33.7 Å². The van der Waals surface area contributed by atoms with Crippen LogP contribution in [0.15, 0.2) is 110 Å². The molecule has 232 valence electrons. The molecule has 8 aromatic rings. The topological polar surface area (TPSA) is 142 Å². The number of halogens is 2. The number of nitriles is 1. The summed E-state index contributed by atoms with van der Waals surface area (Å²) in [6, 6.07) is 25.3. The molecule has 0 radical (unpaired) electrons. The highest BCUT2D eigenvalue weighted by molar-refractivity contribution is 5.84. The summed E-state index contributed by atoms with van der Waals surface area (Å²) in [5, 5.41) is 12.6. The summed E-state index contributed by atoms with van der Waals surface area (Å²) in [5.74, 6) is -0.0297. The van der Waals surface area contributed by atoms with Crippen LogP contribution in [0.4, 0.5) is 14.6 Å². The van der Waals surface area contributed by atoms with Crippen LogP contribution in [-0.2, 0) is 0 Å². The van der Waals surface area contributed by atoms with Crippen LogP contribution in [0.2, 0.25) is 0 Å². The van der Waals surface area contributed by atoms with Crippen molar-refractivity contribution in [1.29, 1.82) is 5.26 Å². The molecular formula is C36H24F2N10. The summed E-state index contributed by atoms with van der Waals surface area (Å²) in [4.78, 5) is 33.4. The molecule has 0 fully saturated rings. The van der Waals surface area contributed by atoms with Crippen molar-refractivity contribution in [2.45, 2.75) is 13.0 Å². The number of nitrogens with zero attached hydrogens (tertiary/aromatic N) is 8. The molecule has 0 aliphatic rings. The predicted molar refractivity (Wildman–Crippen MR) is 178 cm³/mol. The van der Waals surface area contributed by atoms with E-state index in [-0.39, 0.29) is 17.7 Å². The van der Waals surface area contributed by atoms with Gasteiger partial charge in [-0.2, -0.15) is 5.26 Å². The van der Waals surface area contributed by atoms with Crippen molar-refractivity contribution in [2.75, 3.05) is 5.32 Å². The first-order valence-corrected chi connectivity index (χ1v) is 14.8. The van der Waals surface area contributed by atoms with E-state index >= 15 is 0 Å². The maximum atomic E-state index is 13.9. The molecule has 2 aromatic carbocycles. The van der Waals surface area contributed by atoms with Crippen LogP contribution in [0.1, 0.15) is 24.1 Å². The van der Waals surface area contributed by atoms with Gasteiger partial charge in [-0.15, -0.1) is 0 Å². The molecule has 2 N–H and O–H groups in total. The van der Waals surface area contributed by atoms with Crippen LogP contribution in [0.5, 0.6) is 0 Å². The average Bonchev–Trinajstić information content (AvgIpc) is 3.61. The highest BCUT2D eigenvalue weighted by Crippen LogP contribution is 2.32. The average molecular weight is 635 g/mol. The van der Waals surface area contributed by atoms with Crippen molar-refractivity contribution in [3.8, 4) is 28.6 Å². The van der Waals surface area contributed by atoms with Gasteiger partial charge in [0.2, 0.25) is 0 Å². The molecule has 0 amide bonds. The molecule has 0 saturated carbocycles. The number of rotatable bonds is 5. The van der Waals surface area contributed by atoms with Crippen molar-refractivity contribution < 1.29 is 8.78 Å². The summed E-state index contributed by atoms with van der Waals surface area (Å²) >= 11 is 0. The van der Waals surface area contributed by atoms with Crippen molar-refractivity contribution in [2.24, 2.45) is 0 Å².